The van der Waals surface area contributed by atoms with Gasteiger partial charge in [-0.2, -0.15) is 8.78 Å². The molecule has 2 fully saturated rings. The average Bonchev–Trinajstić information content (AvgIpc) is 3.35. The second-order valence-electron chi connectivity index (χ2n) is 9.65. The summed E-state index contributed by atoms with van der Waals surface area (Å²) in [6.45, 7) is 0.0219. The Morgan fingerprint density at radius 1 is 1.28 bits per heavy atom. The van der Waals surface area contributed by atoms with E-state index in [2.05, 4.69) is 19.6 Å². The zero-order valence-electron chi connectivity index (χ0n) is 19.7. The molecule has 11 heteroatoms. The van der Waals surface area contributed by atoms with Crippen LogP contribution in [-0.2, 0) is 14.6 Å². The first-order valence-electron chi connectivity index (χ1n) is 11.8. The first kappa shape index (κ1) is 24.6. The lowest BCUT2D eigenvalue weighted by atomic mass is 10.0. The Bertz CT molecular complexity index is 1400. The lowest BCUT2D eigenvalue weighted by Gasteiger charge is -2.25. The van der Waals surface area contributed by atoms with Crippen LogP contribution >= 0.6 is 0 Å². The highest BCUT2D eigenvalue weighted by atomic mass is 32.2. The zero-order chi connectivity index (χ0) is 25.5. The summed E-state index contributed by atoms with van der Waals surface area (Å²) in [5.74, 6) is -0.394. The summed E-state index contributed by atoms with van der Waals surface area (Å²) in [6.07, 6.45) is 5.31. The Morgan fingerprint density at radius 3 is 2.75 bits per heavy atom. The Labute approximate surface area is 207 Å². The van der Waals surface area contributed by atoms with Crippen molar-refractivity contribution in [1.82, 2.24) is 14.9 Å². The van der Waals surface area contributed by atoms with Gasteiger partial charge in [0.05, 0.1) is 33.6 Å². The number of carbonyl (C=O) groups is 1. The van der Waals surface area contributed by atoms with E-state index in [-0.39, 0.29) is 23.3 Å². The molecule has 36 heavy (non-hydrogen) atoms. The summed E-state index contributed by atoms with van der Waals surface area (Å²) in [5, 5.41) is 2.88. The van der Waals surface area contributed by atoms with E-state index in [1.54, 1.807) is 31.2 Å². The predicted octanol–water partition coefficient (Wildman–Crippen LogP) is 3.96. The van der Waals surface area contributed by atoms with Crippen LogP contribution in [0.25, 0.3) is 22.2 Å². The molecule has 0 spiro atoms. The maximum Gasteiger partial charge on any atom is 0.387 e. The van der Waals surface area contributed by atoms with Crippen LogP contribution in [0, 0.1) is 0 Å². The predicted molar refractivity (Wildman–Crippen MR) is 130 cm³/mol. The van der Waals surface area contributed by atoms with Gasteiger partial charge in [0.15, 0.2) is 9.84 Å². The van der Waals surface area contributed by atoms with E-state index in [0.29, 0.717) is 36.3 Å². The van der Waals surface area contributed by atoms with Crippen LogP contribution in [0.2, 0.25) is 0 Å². The summed E-state index contributed by atoms with van der Waals surface area (Å²) >= 11 is 0. The minimum Gasteiger partial charge on any atom is -0.435 e. The van der Waals surface area contributed by atoms with Crippen molar-refractivity contribution in [2.75, 3.05) is 24.7 Å². The molecule has 2 aliphatic rings. The fraction of sp³-hybridized carbons (Fsp3) is 0.440. The van der Waals surface area contributed by atoms with E-state index in [1.165, 1.54) is 12.3 Å². The van der Waals surface area contributed by atoms with Crippen LogP contribution in [-0.4, -0.2) is 60.7 Å². The molecule has 4 heterocycles. The number of hydrogen-bond acceptors (Lipinski definition) is 6. The van der Waals surface area contributed by atoms with Crippen molar-refractivity contribution in [2.24, 2.45) is 0 Å². The van der Waals surface area contributed by atoms with Gasteiger partial charge in [-0.1, -0.05) is 12.1 Å². The second-order valence-corrected chi connectivity index (χ2v) is 11.8. The number of nitrogens with one attached hydrogen (secondary N) is 1. The molecule has 0 unspecified atom stereocenters. The van der Waals surface area contributed by atoms with Crippen molar-refractivity contribution in [3.63, 3.8) is 0 Å². The molecule has 0 bridgehead atoms. The first-order valence-corrected chi connectivity index (χ1v) is 13.6. The highest BCUT2D eigenvalue weighted by Crippen LogP contribution is 2.36. The summed E-state index contributed by atoms with van der Waals surface area (Å²) in [5.41, 5.74) is 2.25. The molecule has 0 radical (unpaired) electrons. The smallest absolute Gasteiger partial charge is 0.387 e. The number of pyridine rings is 1. The van der Waals surface area contributed by atoms with Crippen LogP contribution in [0.4, 0.5) is 8.78 Å². The number of carbonyl (C=O) groups excluding carboxylic acids is 1. The summed E-state index contributed by atoms with van der Waals surface area (Å²) in [4.78, 5) is 17.7. The number of benzene rings is 1. The summed E-state index contributed by atoms with van der Waals surface area (Å²) in [6, 6.07) is 8.32. The van der Waals surface area contributed by atoms with Crippen LogP contribution < -0.4 is 10.1 Å². The van der Waals surface area contributed by atoms with Gasteiger partial charge in [0.2, 0.25) is 0 Å². The lowest BCUT2D eigenvalue weighted by molar-refractivity contribution is -0.0498. The lowest BCUT2D eigenvalue weighted by Crippen LogP contribution is -2.46. The van der Waals surface area contributed by atoms with E-state index in [9.17, 15) is 22.0 Å². The van der Waals surface area contributed by atoms with Gasteiger partial charge in [0.25, 0.3) is 5.91 Å². The number of alkyl halides is 2. The molecule has 2 aromatic heterocycles. The number of hydrogen-bond donors (Lipinski definition) is 1. The number of nitrogens with zero attached hydrogens (tertiary/aromatic N) is 2. The number of halogens is 2. The fourth-order valence-electron chi connectivity index (χ4n) is 5.02. The summed E-state index contributed by atoms with van der Waals surface area (Å²) in [7, 11) is -3.18. The Kier molecular flexibility index (Phi) is 6.46. The van der Waals surface area contributed by atoms with Crippen LogP contribution in [0.5, 0.6) is 5.75 Å². The quantitative estimate of drug-likeness (QED) is 0.529. The molecule has 1 aromatic carbocycles. The highest BCUT2D eigenvalue weighted by Gasteiger charge is 2.39. The molecule has 0 aliphatic carbocycles. The standard InChI is InChI=1S/C25H27F2N3O5S/c1-25(7-10-36(32,33)15-25)29-23(31)17-12-21-22(28-13-17)20(14-30(21)18-5-8-34-9-6-18)16-3-2-4-19(11-16)35-24(26)27/h2-4,11-14,18,24H,5-10,15H2,1H3,(H,29,31)/t25-/m0/s1. The molecule has 2 aliphatic heterocycles. The number of sulfone groups is 1. The first-order chi connectivity index (χ1) is 17.1. The van der Waals surface area contributed by atoms with Gasteiger partial charge in [-0.25, -0.2) is 8.42 Å². The van der Waals surface area contributed by atoms with Crippen molar-refractivity contribution >= 4 is 26.8 Å². The molecular formula is C25H27F2N3O5S. The number of fused-ring (bicyclic) bond motifs is 1. The SMILES string of the molecule is C[C@]1(NC(=O)c2cnc3c(-c4cccc(OC(F)F)c4)cn(C4CCOCC4)c3c2)CCS(=O)(=O)C1. The van der Waals surface area contributed by atoms with Gasteiger partial charge in [-0.15, -0.1) is 0 Å². The molecule has 192 valence electrons. The third-order valence-electron chi connectivity index (χ3n) is 6.80. The van der Waals surface area contributed by atoms with Gasteiger partial charge in [0.1, 0.15) is 5.75 Å². The molecule has 1 N–H and O–H groups in total. The fourth-order valence-corrected chi connectivity index (χ4v) is 7.12. The Balaban J connectivity index is 1.54. The van der Waals surface area contributed by atoms with Crippen molar-refractivity contribution in [3.05, 3.63) is 48.3 Å². The monoisotopic (exact) mass is 519 g/mol. The Morgan fingerprint density at radius 2 is 2.06 bits per heavy atom. The van der Waals surface area contributed by atoms with Gasteiger partial charge in [-0.05, 0) is 49.9 Å². The third kappa shape index (κ3) is 5.08. The van der Waals surface area contributed by atoms with Gasteiger partial charge >= 0.3 is 6.61 Å². The van der Waals surface area contributed by atoms with Crippen LogP contribution in [0.3, 0.4) is 0 Å². The van der Waals surface area contributed by atoms with E-state index >= 15 is 0 Å². The van der Waals surface area contributed by atoms with Gasteiger partial charge in [0, 0.05) is 37.2 Å². The molecule has 1 atom stereocenters. The molecule has 3 aromatic rings. The second kappa shape index (κ2) is 9.44. The van der Waals surface area contributed by atoms with Crippen molar-refractivity contribution < 1.29 is 31.5 Å². The minimum absolute atomic E-state index is 0.0465. The molecular weight excluding hydrogens is 492 g/mol. The Hall–Kier alpha value is -3.05. The van der Waals surface area contributed by atoms with E-state index < -0.39 is 27.9 Å². The molecule has 0 saturated carbocycles. The summed E-state index contributed by atoms with van der Waals surface area (Å²) < 4.78 is 61.6. The highest BCUT2D eigenvalue weighted by molar-refractivity contribution is 7.91. The third-order valence-corrected chi connectivity index (χ3v) is 8.71. The van der Waals surface area contributed by atoms with Gasteiger partial charge < -0.3 is 19.4 Å². The van der Waals surface area contributed by atoms with Crippen LogP contribution in [0.15, 0.2) is 42.7 Å². The number of aromatic nitrogens is 2. The largest absolute Gasteiger partial charge is 0.435 e. The van der Waals surface area contributed by atoms with E-state index in [1.807, 2.05) is 6.20 Å². The van der Waals surface area contributed by atoms with Crippen molar-refractivity contribution in [3.8, 4) is 16.9 Å². The topological polar surface area (TPSA) is 99.5 Å². The molecule has 8 nitrogen and oxygen atoms in total. The van der Waals surface area contributed by atoms with Crippen molar-refractivity contribution in [1.29, 1.82) is 0 Å². The minimum atomic E-state index is -3.18. The normalized spacial score (nSPS) is 22.2. The molecule has 2 saturated heterocycles. The molecule has 1 amide bonds. The maximum absolute atomic E-state index is 13.1. The zero-order valence-corrected chi connectivity index (χ0v) is 20.6. The maximum atomic E-state index is 13.1. The van der Waals surface area contributed by atoms with Gasteiger partial charge in [-0.3, -0.25) is 9.78 Å². The van der Waals surface area contributed by atoms with Crippen molar-refractivity contribution in [2.45, 2.75) is 44.4 Å². The molecule has 5 rings (SSSR count). The van der Waals surface area contributed by atoms with E-state index in [4.69, 9.17) is 4.74 Å². The number of amides is 1. The average molecular weight is 520 g/mol. The van der Waals surface area contributed by atoms with E-state index in [0.717, 1.165) is 23.9 Å². The van der Waals surface area contributed by atoms with Crippen LogP contribution in [0.1, 0.15) is 42.6 Å². The number of rotatable bonds is 6. The number of ether oxygens (including phenoxy) is 2.